The molecule has 1 aromatic carbocycles. The van der Waals surface area contributed by atoms with Gasteiger partial charge in [-0.3, -0.25) is 4.99 Å². The predicted octanol–water partition coefficient (Wildman–Crippen LogP) is 2.85. The van der Waals surface area contributed by atoms with Crippen molar-refractivity contribution in [3.8, 4) is 0 Å². The van der Waals surface area contributed by atoms with Crippen molar-refractivity contribution in [2.45, 2.75) is 32.7 Å². The number of esters is 1. The fourth-order valence-corrected chi connectivity index (χ4v) is 2.69. The first-order valence-electron chi connectivity index (χ1n) is 7.01. The molecule has 1 aliphatic rings. The fraction of sp³-hybridized carbons (Fsp3) is 0.375. The molecule has 1 aromatic heterocycles. The summed E-state index contributed by atoms with van der Waals surface area (Å²) in [5.74, 6) is -0.220. The molecule has 104 valence electrons. The smallest absolute Gasteiger partial charge is 0.331 e. The van der Waals surface area contributed by atoms with Gasteiger partial charge in [0.25, 0.3) is 0 Å². The van der Waals surface area contributed by atoms with E-state index in [4.69, 9.17) is 4.74 Å². The highest BCUT2D eigenvalue weighted by molar-refractivity contribution is 6.06. The number of carbonyl (C=O) groups excluding carboxylic acids is 1. The molecule has 4 nitrogen and oxygen atoms in total. The van der Waals surface area contributed by atoms with E-state index in [0.29, 0.717) is 13.0 Å². The number of aromatic amines is 1. The van der Waals surface area contributed by atoms with Crippen molar-refractivity contribution in [3.05, 3.63) is 35.5 Å². The van der Waals surface area contributed by atoms with Crippen molar-refractivity contribution in [1.29, 1.82) is 0 Å². The molecule has 0 saturated heterocycles. The number of fused-ring (bicyclic) bond motifs is 3. The first-order valence-corrected chi connectivity index (χ1v) is 7.01. The van der Waals surface area contributed by atoms with Gasteiger partial charge in [-0.2, -0.15) is 0 Å². The highest BCUT2D eigenvalue weighted by atomic mass is 16.5. The second kappa shape index (κ2) is 5.12. The Morgan fingerprint density at radius 3 is 3.05 bits per heavy atom. The molecular formula is C16H18N2O2. The molecule has 0 amide bonds. The Balaban J connectivity index is 1.96. The third-order valence-corrected chi connectivity index (χ3v) is 3.64. The topological polar surface area (TPSA) is 54.5 Å². The normalized spacial score (nSPS) is 17.7. The first kappa shape index (κ1) is 12.9. The Labute approximate surface area is 117 Å². The predicted molar refractivity (Wildman–Crippen MR) is 79.3 cm³/mol. The number of hydrogen-bond donors (Lipinski definition) is 1. The monoisotopic (exact) mass is 270 g/mol. The molecule has 2 aromatic rings. The van der Waals surface area contributed by atoms with Crippen LogP contribution in [-0.4, -0.2) is 29.3 Å². The summed E-state index contributed by atoms with van der Waals surface area (Å²) in [6, 6.07) is 7.74. The molecule has 4 heteroatoms. The van der Waals surface area contributed by atoms with Crippen LogP contribution in [0.15, 0.2) is 29.3 Å². The van der Waals surface area contributed by atoms with Crippen LogP contribution in [0.1, 0.15) is 31.5 Å². The maximum absolute atomic E-state index is 12.0. The van der Waals surface area contributed by atoms with Gasteiger partial charge in [0.05, 0.1) is 18.0 Å². The summed E-state index contributed by atoms with van der Waals surface area (Å²) in [5, 5.41) is 1.17. The molecule has 1 atom stereocenters. The van der Waals surface area contributed by atoms with Crippen molar-refractivity contribution in [2.24, 2.45) is 4.99 Å². The SMILES string of the molecule is CCCOC(=O)C1Cc2c([nH]c3ccccc23)C(C)=N1. The molecule has 0 spiro atoms. The van der Waals surface area contributed by atoms with Gasteiger partial charge in [-0.15, -0.1) is 0 Å². The summed E-state index contributed by atoms with van der Waals surface area (Å²) >= 11 is 0. The standard InChI is InChI=1S/C16H18N2O2/c1-3-8-20-16(19)14-9-12-11-6-4-5-7-13(11)18-15(12)10(2)17-14/h4-7,14,18H,3,8-9H2,1-2H3. The van der Waals surface area contributed by atoms with E-state index in [1.807, 2.05) is 32.0 Å². The molecule has 20 heavy (non-hydrogen) atoms. The van der Waals surface area contributed by atoms with Crippen LogP contribution in [0.2, 0.25) is 0 Å². The number of carbonyl (C=O) groups is 1. The maximum Gasteiger partial charge on any atom is 0.331 e. The quantitative estimate of drug-likeness (QED) is 0.872. The molecule has 1 unspecified atom stereocenters. The van der Waals surface area contributed by atoms with Crippen LogP contribution in [0, 0.1) is 0 Å². The summed E-state index contributed by atoms with van der Waals surface area (Å²) in [7, 11) is 0. The molecule has 0 saturated carbocycles. The third-order valence-electron chi connectivity index (χ3n) is 3.64. The molecule has 0 radical (unpaired) electrons. The molecule has 1 aliphatic heterocycles. The van der Waals surface area contributed by atoms with Crippen molar-refractivity contribution in [3.63, 3.8) is 0 Å². The van der Waals surface area contributed by atoms with Crippen molar-refractivity contribution < 1.29 is 9.53 Å². The fourth-order valence-electron chi connectivity index (χ4n) is 2.69. The van der Waals surface area contributed by atoms with Crippen LogP contribution in [0.5, 0.6) is 0 Å². The summed E-state index contributed by atoms with van der Waals surface area (Å²) < 4.78 is 5.23. The molecule has 1 N–H and O–H groups in total. The molecule has 0 fully saturated rings. The van der Waals surface area contributed by atoms with Gasteiger partial charge in [0.15, 0.2) is 6.04 Å². The average Bonchev–Trinajstić information content (AvgIpc) is 2.84. The number of ether oxygens (including phenoxy) is 1. The maximum atomic E-state index is 12.0. The van der Waals surface area contributed by atoms with Gasteiger partial charge < -0.3 is 9.72 Å². The minimum Gasteiger partial charge on any atom is -0.464 e. The molecule has 3 rings (SSSR count). The van der Waals surface area contributed by atoms with Crippen LogP contribution < -0.4 is 0 Å². The minimum absolute atomic E-state index is 0.220. The first-order chi connectivity index (χ1) is 9.70. The van der Waals surface area contributed by atoms with E-state index < -0.39 is 6.04 Å². The highest BCUT2D eigenvalue weighted by Crippen LogP contribution is 2.28. The van der Waals surface area contributed by atoms with E-state index >= 15 is 0 Å². The van der Waals surface area contributed by atoms with Crippen LogP contribution in [0.25, 0.3) is 10.9 Å². The summed E-state index contributed by atoms with van der Waals surface area (Å²) in [6.45, 7) is 4.39. The third kappa shape index (κ3) is 2.11. The number of benzene rings is 1. The second-order valence-corrected chi connectivity index (χ2v) is 5.13. The lowest BCUT2D eigenvalue weighted by atomic mass is 9.97. The lowest BCUT2D eigenvalue weighted by Crippen LogP contribution is -2.29. The van der Waals surface area contributed by atoms with Crippen LogP contribution >= 0.6 is 0 Å². The molecule has 0 bridgehead atoms. The molecule has 0 aliphatic carbocycles. The largest absolute Gasteiger partial charge is 0.464 e. The van der Waals surface area contributed by atoms with E-state index in [2.05, 4.69) is 16.0 Å². The summed E-state index contributed by atoms with van der Waals surface area (Å²) in [6.07, 6.45) is 1.44. The Hall–Kier alpha value is -2.10. The van der Waals surface area contributed by atoms with Gasteiger partial charge >= 0.3 is 5.97 Å². The Morgan fingerprint density at radius 1 is 1.45 bits per heavy atom. The zero-order valence-corrected chi connectivity index (χ0v) is 11.8. The van der Waals surface area contributed by atoms with Crippen LogP contribution in [-0.2, 0) is 16.0 Å². The van der Waals surface area contributed by atoms with E-state index in [0.717, 1.165) is 23.3 Å². The Kier molecular flexibility index (Phi) is 3.30. The van der Waals surface area contributed by atoms with Gasteiger partial charge in [0, 0.05) is 17.3 Å². The minimum atomic E-state index is -0.409. The second-order valence-electron chi connectivity index (χ2n) is 5.13. The van der Waals surface area contributed by atoms with Gasteiger partial charge in [0.2, 0.25) is 0 Å². The van der Waals surface area contributed by atoms with Crippen LogP contribution in [0.4, 0.5) is 0 Å². The number of rotatable bonds is 3. The van der Waals surface area contributed by atoms with Gasteiger partial charge in [-0.05, 0) is 25.0 Å². The van der Waals surface area contributed by atoms with Crippen molar-refractivity contribution in [1.82, 2.24) is 4.98 Å². The zero-order chi connectivity index (χ0) is 14.1. The Morgan fingerprint density at radius 2 is 2.25 bits per heavy atom. The number of para-hydroxylation sites is 1. The average molecular weight is 270 g/mol. The Bertz CT molecular complexity index is 685. The molecule has 2 heterocycles. The molecular weight excluding hydrogens is 252 g/mol. The van der Waals surface area contributed by atoms with Crippen molar-refractivity contribution >= 4 is 22.6 Å². The summed E-state index contributed by atoms with van der Waals surface area (Å²) in [5.41, 5.74) is 4.19. The number of H-pyrrole nitrogens is 1. The van der Waals surface area contributed by atoms with Crippen molar-refractivity contribution in [2.75, 3.05) is 6.61 Å². The number of hydrogen-bond acceptors (Lipinski definition) is 3. The number of aromatic nitrogens is 1. The number of nitrogens with zero attached hydrogens (tertiary/aromatic N) is 1. The van der Waals surface area contributed by atoms with E-state index in [1.54, 1.807) is 0 Å². The number of nitrogens with one attached hydrogen (secondary N) is 1. The van der Waals surface area contributed by atoms with Gasteiger partial charge in [-0.1, -0.05) is 25.1 Å². The van der Waals surface area contributed by atoms with E-state index in [9.17, 15) is 4.79 Å². The summed E-state index contributed by atoms with van der Waals surface area (Å²) in [4.78, 5) is 19.9. The lowest BCUT2D eigenvalue weighted by Gasteiger charge is -2.18. The highest BCUT2D eigenvalue weighted by Gasteiger charge is 2.28. The van der Waals surface area contributed by atoms with Gasteiger partial charge in [0.1, 0.15) is 0 Å². The number of aliphatic imine (C=N–C) groups is 1. The zero-order valence-electron chi connectivity index (χ0n) is 11.8. The van der Waals surface area contributed by atoms with Crippen LogP contribution in [0.3, 0.4) is 0 Å². The van der Waals surface area contributed by atoms with Gasteiger partial charge in [-0.25, -0.2) is 4.79 Å². The van der Waals surface area contributed by atoms with E-state index in [1.165, 1.54) is 10.9 Å². The van der Waals surface area contributed by atoms with E-state index in [-0.39, 0.29) is 5.97 Å². The lowest BCUT2D eigenvalue weighted by molar-refractivity contribution is -0.145.